The van der Waals surface area contributed by atoms with Gasteiger partial charge in [-0.05, 0) is 0 Å². The van der Waals surface area contributed by atoms with Crippen molar-refractivity contribution in [2.45, 2.75) is 92.1 Å². The van der Waals surface area contributed by atoms with E-state index in [-0.39, 0.29) is 0 Å². The average Bonchev–Trinajstić information content (AvgIpc) is 2.83. The minimum absolute atomic E-state index is 0.740. The number of aliphatic hydroxyl groups excluding tert-OH is 11. The second kappa shape index (κ2) is 11.6. The first-order valence-electron chi connectivity index (χ1n) is 10.6. The van der Waals surface area contributed by atoms with Crippen LogP contribution in [-0.4, -0.2) is 168 Å². The van der Waals surface area contributed by atoms with Gasteiger partial charge in [0.25, 0.3) is 0 Å². The van der Waals surface area contributed by atoms with Crippen molar-refractivity contribution in [3.8, 4) is 0 Å². The Hall–Kier alpha value is -0.640. The highest BCUT2D eigenvalue weighted by Crippen LogP contribution is 2.32. The lowest BCUT2D eigenvalue weighted by Crippen LogP contribution is -2.66. The molecule has 11 N–H and O–H groups in total. The highest BCUT2D eigenvalue weighted by atomic mass is 16.7. The molecule has 0 aromatic heterocycles. The Labute approximate surface area is 192 Å². The van der Waals surface area contributed by atoms with Gasteiger partial charge < -0.3 is 79.9 Å². The Kier molecular flexibility index (Phi) is 9.54. The molecule has 3 rings (SSSR count). The fourth-order valence-electron chi connectivity index (χ4n) is 4.05. The molecule has 3 saturated heterocycles. The van der Waals surface area contributed by atoms with Crippen LogP contribution in [-0.2, 0) is 23.7 Å². The normalized spacial score (nSPS) is 52.5. The first kappa shape index (κ1) is 27.9. The number of ether oxygens (including phenoxy) is 5. The molecule has 0 amide bonds. The zero-order valence-electron chi connectivity index (χ0n) is 17.7. The number of hydrogen-bond donors (Lipinski definition) is 11. The van der Waals surface area contributed by atoms with E-state index in [1.54, 1.807) is 0 Å². The van der Waals surface area contributed by atoms with Gasteiger partial charge in [0.15, 0.2) is 18.9 Å². The van der Waals surface area contributed by atoms with Crippen LogP contribution in [0.5, 0.6) is 0 Å². The molecule has 0 saturated carbocycles. The molecule has 16 heteroatoms. The molecule has 0 aliphatic carbocycles. The van der Waals surface area contributed by atoms with E-state index >= 15 is 0 Å². The molecular weight excluding hydrogens is 472 g/mol. The van der Waals surface area contributed by atoms with Gasteiger partial charge in [-0.2, -0.15) is 0 Å². The maximum absolute atomic E-state index is 10.6. The van der Waals surface area contributed by atoms with E-state index in [0.29, 0.717) is 0 Å². The lowest BCUT2D eigenvalue weighted by Gasteiger charge is -2.47. The van der Waals surface area contributed by atoms with Crippen molar-refractivity contribution >= 4 is 0 Å². The first-order valence-corrected chi connectivity index (χ1v) is 10.6. The van der Waals surface area contributed by atoms with E-state index in [0.717, 1.165) is 0 Å². The van der Waals surface area contributed by atoms with Crippen LogP contribution in [0.25, 0.3) is 0 Å². The molecule has 3 aliphatic heterocycles. The van der Waals surface area contributed by atoms with Crippen molar-refractivity contribution in [2.75, 3.05) is 19.8 Å². The molecule has 16 nitrogen and oxygen atoms in total. The van der Waals surface area contributed by atoms with Gasteiger partial charge in [0.2, 0.25) is 0 Å². The summed E-state index contributed by atoms with van der Waals surface area (Å²) in [6.45, 7) is -2.31. The zero-order chi connectivity index (χ0) is 25.3. The van der Waals surface area contributed by atoms with Crippen LogP contribution in [0.1, 0.15) is 0 Å². The summed E-state index contributed by atoms with van der Waals surface area (Å²) in [4.78, 5) is 0. The Morgan fingerprint density at radius 3 is 1.47 bits per heavy atom. The minimum Gasteiger partial charge on any atom is -0.394 e. The molecule has 0 bridgehead atoms. The Bertz CT molecular complexity index is 637. The Balaban J connectivity index is 1.72. The molecule has 3 fully saturated rings. The maximum Gasteiger partial charge on any atom is 0.187 e. The minimum atomic E-state index is -1.93. The summed E-state index contributed by atoms with van der Waals surface area (Å²) in [6, 6.07) is 0. The summed E-state index contributed by atoms with van der Waals surface area (Å²) >= 11 is 0. The van der Waals surface area contributed by atoms with Crippen LogP contribution < -0.4 is 0 Å². The lowest BCUT2D eigenvalue weighted by atomic mass is 9.96. The predicted octanol–water partition coefficient (Wildman–Crippen LogP) is -7.57. The number of rotatable bonds is 7. The van der Waals surface area contributed by atoms with E-state index in [2.05, 4.69) is 0 Å². The van der Waals surface area contributed by atoms with Crippen molar-refractivity contribution in [3.63, 3.8) is 0 Å². The predicted molar refractivity (Wildman–Crippen MR) is 101 cm³/mol. The average molecular weight is 504 g/mol. The molecule has 200 valence electrons. The van der Waals surface area contributed by atoms with E-state index in [9.17, 15) is 56.2 Å². The van der Waals surface area contributed by atoms with Crippen LogP contribution in [0.4, 0.5) is 0 Å². The van der Waals surface area contributed by atoms with Crippen LogP contribution in [0.15, 0.2) is 0 Å². The molecule has 1 unspecified atom stereocenters. The fourth-order valence-corrected chi connectivity index (χ4v) is 4.05. The molecule has 0 aromatic rings. The number of aliphatic hydroxyl groups is 11. The van der Waals surface area contributed by atoms with Gasteiger partial charge in [0.05, 0.1) is 19.8 Å². The first-order chi connectivity index (χ1) is 16.0. The molecular formula is C18H32O16. The quantitative estimate of drug-likeness (QED) is 0.154. The highest BCUT2D eigenvalue weighted by molar-refractivity contribution is 4.96. The van der Waals surface area contributed by atoms with Crippen molar-refractivity contribution in [2.24, 2.45) is 0 Å². The topological polar surface area (TPSA) is 269 Å². The fraction of sp³-hybridized carbons (Fsp3) is 1.00. The highest BCUT2D eigenvalue weighted by Gasteiger charge is 2.53. The smallest absolute Gasteiger partial charge is 0.187 e. The van der Waals surface area contributed by atoms with Gasteiger partial charge in [-0.1, -0.05) is 0 Å². The van der Waals surface area contributed by atoms with Crippen molar-refractivity contribution in [3.05, 3.63) is 0 Å². The molecule has 0 aromatic carbocycles. The van der Waals surface area contributed by atoms with Gasteiger partial charge in [-0.3, -0.25) is 0 Å². The Morgan fingerprint density at radius 1 is 0.441 bits per heavy atom. The summed E-state index contributed by atoms with van der Waals surface area (Å²) in [7, 11) is 0. The summed E-state index contributed by atoms with van der Waals surface area (Å²) < 4.78 is 26.2. The van der Waals surface area contributed by atoms with E-state index in [1.807, 2.05) is 0 Å². The zero-order valence-corrected chi connectivity index (χ0v) is 17.7. The van der Waals surface area contributed by atoms with Crippen molar-refractivity contribution < 1.29 is 79.9 Å². The van der Waals surface area contributed by atoms with Gasteiger partial charge in [0.1, 0.15) is 73.2 Å². The molecule has 3 heterocycles. The number of hydrogen-bond acceptors (Lipinski definition) is 16. The van der Waals surface area contributed by atoms with E-state index < -0.39 is 112 Å². The van der Waals surface area contributed by atoms with E-state index in [4.69, 9.17) is 23.7 Å². The van der Waals surface area contributed by atoms with Crippen molar-refractivity contribution in [1.29, 1.82) is 0 Å². The third kappa shape index (κ3) is 5.37. The summed E-state index contributed by atoms with van der Waals surface area (Å²) in [6.07, 6.45) is -25.3. The lowest BCUT2D eigenvalue weighted by molar-refractivity contribution is -0.378. The molecule has 0 radical (unpaired) electrons. The second-order valence-corrected chi connectivity index (χ2v) is 8.33. The van der Waals surface area contributed by atoms with Crippen molar-refractivity contribution in [1.82, 2.24) is 0 Å². The van der Waals surface area contributed by atoms with Gasteiger partial charge >= 0.3 is 0 Å². The van der Waals surface area contributed by atoms with Crippen LogP contribution >= 0.6 is 0 Å². The maximum atomic E-state index is 10.6. The van der Waals surface area contributed by atoms with E-state index in [1.165, 1.54) is 0 Å². The molecule has 34 heavy (non-hydrogen) atoms. The third-order valence-electron chi connectivity index (χ3n) is 6.09. The molecule has 0 spiro atoms. The van der Waals surface area contributed by atoms with Gasteiger partial charge in [-0.25, -0.2) is 0 Å². The Morgan fingerprint density at radius 2 is 0.912 bits per heavy atom. The van der Waals surface area contributed by atoms with Gasteiger partial charge in [0, 0.05) is 0 Å². The molecule has 3 aliphatic rings. The van der Waals surface area contributed by atoms with Crippen LogP contribution in [0.3, 0.4) is 0 Å². The van der Waals surface area contributed by atoms with Crippen LogP contribution in [0.2, 0.25) is 0 Å². The van der Waals surface area contributed by atoms with Gasteiger partial charge in [-0.15, -0.1) is 0 Å². The summed E-state index contributed by atoms with van der Waals surface area (Å²) in [5, 5.41) is 109. The summed E-state index contributed by atoms with van der Waals surface area (Å²) in [5.41, 5.74) is 0. The largest absolute Gasteiger partial charge is 0.394 e. The SMILES string of the molecule is OC[C@H]1O[C@@H](O[C@H]2[C@H](O)[C@@H](O)C(O[C@@H]3[C@@H](O)[C@H](O)O[C@H](CO)[C@H]3O)O[C@@H]2CO)[C@H](O)[C@@H](O)[C@@H]1O. The standard InChI is InChI=1S/C18H32O16/c19-1-4-7(22)9(24)11(26)17(31-4)33-14-6(3-21)32-18(12(27)10(14)25)34-15-8(23)5(2-20)30-16(29)13(15)28/h4-29H,1-3H2/t4-,5-,6-,7-,8-,9+,10-,11-,12-,13-,14-,15+,16-,17+,18?/m1/s1. The molecule has 15 atom stereocenters. The third-order valence-corrected chi connectivity index (χ3v) is 6.09. The summed E-state index contributed by atoms with van der Waals surface area (Å²) in [5.74, 6) is 0. The second-order valence-electron chi connectivity index (χ2n) is 8.33. The van der Waals surface area contributed by atoms with Crippen LogP contribution in [0, 0.1) is 0 Å². The monoisotopic (exact) mass is 504 g/mol.